The first-order chi connectivity index (χ1) is 7.66. The van der Waals surface area contributed by atoms with Gasteiger partial charge in [-0.05, 0) is 25.9 Å². The fourth-order valence-corrected chi connectivity index (χ4v) is 1.72. The minimum absolute atomic E-state index is 0.212. The highest BCUT2D eigenvalue weighted by atomic mass is 19.1. The Morgan fingerprint density at radius 1 is 1.06 bits per heavy atom. The molecule has 0 bridgehead atoms. The summed E-state index contributed by atoms with van der Waals surface area (Å²) in [6.45, 7) is 1.52. The Morgan fingerprint density at radius 3 is 2.19 bits per heavy atom. The van der Waals surface area contributed by atoms with Gasteiger partial charge in [0.1, 0.15) is 11.9 Å². The van der Waals surface area contributed by atoms with Gasteiger partial charge in [0.25, 0.3) is 0 Å². The molecule has 0 atom stereocenters. The molecular weight excluding hydrogens is 219 g/mol. The summed E-state index contributed by atoms with van der Waals surface area (Å²) in [4.78, 5) is 0. The number of benzene rings is 1. The lowest BCUT2D eigenvalue weighted by Gasteiger charge is -2.24. The molecule has 1 fully saturated rings. The highest BCUT2D eigenvalue weighted by Crippen LogP contribution is 2.25. The zero-order valence-corrected chi connectivity index (χ0v) is 8.60. The number of piperidine rings is 1. The first kappa shape index (κ1) is 11.3. The summed E-state index contributed by atoms with van der Waals surface area (Å²) in [5.41, 5.74) is 0. The second kappa shape index (κ2) is 4.74. The van der Waals surface area contributed by atoms with Gasteiger partial charge in [0.2, 0.25) is 0 Å². The molecule has 1 N–H and O–H groups in total. The van der Waals surface area contributed by atoms with Crippen LogP contribution in [0.25, 0.3) is 0 Å². The van der Waals surface area contributed by atoms with Crippen molar-refractivity contribution < 1.29 is 17.9 Å². The molecule has 0 amide bonds. The molecule has 0 aliphatic carbocycles. The van der Waals surface area contributed by atoms with Gasteiger partial charge in [0.15, 0.2) is 17.4 Å². The Balaban J connectivity index is 2.14. The standard InChI is InChI=1S/C11H12F3NO/c12-7-5-9(13)11(10(14)6-7)16-8-1-3-15-4-2-8/h5-6,8,15H,1-4H2. The zero-order chi connectivity index (χ0) is 11.5. The summed E-state index contributed by atoms with van der Waals surface area (Å²) >= 11 is 0. The summed E-state index contributed by atoms with van der Waals surface area (Å²) in [6, 6.07) is 1.25. The lowest BCUT2D eigenvalue weighted by atomic mass is 10.1. The Hall–Kier alpha value is -1.23. The molecule has 1 heterocycles. The largest absolute Gasteiger partial charge is 0.484 e. The summed E-state index contributed by atoms with van der Waals surface area (Å²) in [7, 11) is 0. The Kier molecular flexibility index (Phi) is 3.33. The van der Waals surface area contributed by atoms with Crippen molar-refractivity contribution >= 4 is 0 Å². The third kappa shape index (κ3) is 2.47. The van der Waals surface area contributed by atoms with Crippen molar-refractivity contribution in [1.29, 1.82) is 0 Å². The molecule has 0 aromatic heterocycles. The SMILES string of the molecule is Fc1cc(F)c(OC2CCNCC2)c(F)c1. The monoisotopic (exact) mass is 231 g/mol. The van der Waals surface area contributed by atoms with Gasteiger partial charge in [0, 0.05) is 12.1 Å². The van der Waals surface area contributed by atoms with Gasteiger partial charge >= 0.3 is 0 Å². The van der Waals surface area contributed by atoms with Gasteiger partial charge in [-0.2, -0.15) is 0 Å². The van der Waals surface area contributed by atoms with Crippen LogP contribution in [0, 0.1) is 17.5 Å². The maximum absolute atomic E-state index is 13.2. The molecule has 0 radical (unpaired) electrons. The van der Waals surface area contributed by atoms with Crippen LogP contribution < -0.4 is 10.1 Å². The van der Waals surface area contributed by atoms with Gasteiger partial charge < -0.3 is 10.1 Å². The summed E-state index contributed by atoms with van der Waals surface area (Å²) < 4.78 is 44.3. The molecule has 88 valence electrons. The highest BCUT2D eigenvalue weighted by molar-refractivity contribution is 5.27. The van der Waals surface area contributed by atoms with Crippen molar-refractivity contribution in [3.05, 3.63) is 29.6 Å². The van der Waals surface area contributed by atoms with Crippen LogP contribution >= 0.6 is 0 Å². The van der Waals surface area contributed by atoms with Crippen LogP contribution in [-0.4, -0.2) is 19.2 Å². The van der Waals surface area contributed by atoms with E-state index in [0.29, 0.717) is 25.0 Å². The quantitative estimate of drug-likeness (QED) is 0.842. The minimum Gasteiger partial charge on any atom is -0.484 e. The van der Waals surface area contributed by atoms with E-state index in [-0.39, 0.29) is 6.10 Å². The van der Waals surface area contributed by atoms with E-state index in [1.165, 1.54) is 0 Å². The maximum Gasteiger partial charge on any atom is 0.191 e. The van der Waals surface area contributed by atoms with E-state index >= 15 is 0 Å². The van der Waals surface area contributed by atoms with Gasteiger partial charge in [-0.3, -0.25) is 0 Å². The Labute approximate surface area is 91.4 Å². The fourth-order valence-electron chi connectivity index (χ4n) is 1.72. The van der Waals surface area contributed by atoms with Crippen LogP contribution in [0.3, 0.4) is 0 Å². The normalized spacial score (nSPS) is 17.4. The van der Waals surface area contributed by atoms with Gasteiger partial charge in [-0.15, -0.1) is 0 Å². The first-order valence-electron chi connectivity index (χ1n) is 5.19. The van der Waals surface area contributed by atoms with Crippen LogP contribution in [-0.2, 0) is 0 Å². The van der Waals surface area contributed by atoms with E-state index in [0.717, 1.165) is 13.1 Å². The molecule has 1 aliphatic rings. The average molecular weight is 231 g/mol. The van der Waals surface area contributed by atoms with Crippen molar-refractivity contribution in [1.82, 2.24) is 5.32 Å². The molecule has 2 rings (SSSR count). The van der Waals surface area contributed by atoms with Crippen molar-refractivity contribution in [2.75, 3.05) is 13.1 Å². The van der Waals surface area contributed by atoms with Crippen LogP contribution in [0.1, 0.15) is 12.8 Å². The van der Waals surface area contributed by atoms with E-state index in [1.807, 2.05) is 0 Å². The van der Waals surface area contributed by atoms with Gasteiger partial charge in [-0.25, -0.2) is 13.2 Å². The van der Waals surface area contributed by atoms with Crippen LogP contribution in [0.2, 0.25) is 0 Å². The number of ether oxygens (including phenoxy) is 1. The average Bonchev–Trinajstić information content (AvgIpc) is 2.25. The lowest BCUT2D eigenvalue weighted by Crippen LogP contribution is -2.34. The maximum atomic E-state index is 13.2. The number of hydrogen-bond donors (Lipinski definition) is 1. The summed E-state index contributed by atoms with van der Waals surface area (Å²) in [5.74, 6) is -3.40. The van der Waals surface area contributed by atoms with Gasteiger partial charge in [-0.1, -0.05) is 0 Å². The van der Waals surface area contributed by atoms with E-state index in [1.54, 1.807) is 0 Å². The van der Waals surface area contributed by atoms with E-state index in [2.05, 4.69) is 5.32 Å². The second-order valence-electron chi connectivity index (χ2n) is 3.77. The van der Waals surface area contributed by atoms with Crippen LogP contribution in [0.4, 0.5) is 13.2 Å². The third-order valence-corrected chi connectivity index (χ3v) is 2.53. The fraction of sp³-hybridized carbons (Fsp3) is 0.455. The highest BCUT2D eigenvalue weighted by Gasteiger charge is 2.19. The summed E-state index contributed by atoms with van der Waals surface area (Å²) in [5, 5.41) is 3.11. The topological polar surface area (TPSA) is 21.3 Å². The Morgan fingerprint density at radius 2 is 1.62 bits per heavy atom. The third-order valence-electron chi connectivity index (χ3n) is 2.53. The van der Waals surface area contributed by atoms with Gasteiger partial charge in [0.05, 0.1) is 0 Å². The van der Waals surface area contributed by atoms with E-state index in [4.69, 9.17) is 4.74 Å². The number of rotatable bonds is 2. The Bertz CT molecular complexity index is 354. The number of nitrogens with one attached hydrogen (secondary N) is 1. The first-order valence-corrected chi connectivity index (χ1v) is 5.19. The predicted octanol–water partition coefficient (Wildman–Crippen LogP) is 2.23. The molecule has 1 aliphatic heterocycles. The van der Waals surface area contributed by atoms with Crippen LogP contribution in [0.15, 0.2) is 12.1 Å². The smallest absolute Gasteiger partial charge is 0.191 e. The van der Waals surface area contributed by atoms with Crippen LogP contribution in [0.5, 0.6) is 5.75 Å². The molecule has 1 aromatic carbocycles. The molecular formula is C11H12F3NO. The second-order valence-corrected chi connectivity index (χ2v) is 3.77. The molecule has 2 nitrogen and oxygen atoms in total. The molecule has 0 unspecified atom stereocenters. The molecule has 5 heteroatoms. The molecule has 0 saturated carbocycles. The van der Waals surface area contributed by atoms with Crippen molar-refractivity contribution in [2.45, 2.75) is 18.9 Å². The van der Waals surface area contributed by atoms with Crippen molar-refractivity contribution in [3.63, 3.8) is 0 Å². The molecule has 0 spiro atoms. The van der Waals surface area contributed by atoms with Crippen molar-refractivity contribution in [3.8, 4) is 5.75 Å². The zero-order valence-electron chi connectivity index (χ0n) is 8.60. The van der Waals surface area contributed by atoms with Crippen molar-refractivity contribution in [2.24, 2.45) is 0 Å². The molecule has 1 saturated heterocycles. The van der Waals surface area contributed by atoms with E-state index in [9.17, 15) is 13.2 Å². The lowest BCUT2D eigenvalue weighted by molar-refractivity contribution is 0.148. The van der Waals surface area contributed by atoms with E-state index < -0.39 is 23.2 Å². The number of halogens is 3. The number of hydrogen-bond acceptors (Lipinski definition) is 2. The predicted molar refractivity (Wildman–Crippen MR) is 52.8 cm³/mol. The summed E-state index contributed by atoms with van der Waals surface area (Å²) in [6.07, 6.45) is 1.17. The molecule has 16 heavy (non-hydrogen) atoms. The minimum atomic E-state index is -0.990. The molecule has 1 aromatic rings.